The summed E-state index contributed by atoms with van der Waals surface area (Å²) in [6, 6.07) is 3.38. The molecule has 3 rings (SSSR count). The topological polar surface area (TPSA) is 72.4 Å². The maximum Gasteiger partial charge on any atom is 0.252 e. The molecular formula is C13H14BrN3O3S2. The number of halogens is 1. The molecule has 0 amide bonds. The van der Waals surface area contributed by atoms with E-state index in [4.69, 9.17) is 4.74 Å². The first-order valence-electron chi connectivity index (χ1n) is 6.74. The summed E-state index contributed by atoms with van der Waals surface area (Å²) in [5, 5.41) is 0. The van der Waals surface area contributed by atoms with E-state index in [0.29, 0.717) is 36.0 Å². The molecule has 1 saturated heterocycles. The van der Waals surface area contributed by atoms with Gasteiger partial charge in [-0.2, -0.15) is 4.31 Å². The molecule has 0 unspecified atom stereocenters. The number of piperidine rings is 1. The highest BCUT2D eigenvalue weighted by molar-refractivity contribution is 9.11. The van der Waals surface area contributed by atoms with Crippen LogP contribution in [0.3, 0.4) is 0 Å². The minimum atomic E-state index is -3.40. The molecular weight excluding hydrogens is 390 g/mol. The van der Waals surface area contributed by atoms with Crippen LogP contribution >= 0.6 is 27.3 Å². The van der Waals surface area contributed by atoms with Crippen LogP contribution in [0, 0.1) is 0 Å². The van der Waals surface area contributed by atoms with Gasteiger partial charge < -0.3 is 4.74 Å². The Balaban J connectivity index is 1.62. The summed E-state index contributed by atoms with van der Waals surface area (Å²) in [4.78, 5) is 8.02. The highest BCUT2D eigenvalue weighted by Gasteiger charge is 2.31. The van der Waals surface area contributed by atoms with Gasteiger partial charge in [-0.1, -0.05) is 0 Å². The van der Waals surface area contributed by atoms with Crippen LogP contribution in [0.15, 0.2) is 38.7 Å². The van der Waals surface area contributed by atoms with E-state index < -0.39 is 10.0 Å². The van der Waals surface area contributed by atoms with Crippen molar-refractivity contribution in [2.45, 2.75) is 23.2 Å². The van der Waals surface area contributed by atoms with Gasteiger partial charge in [0.15, 0.2) is 0 Å². The lowest BCUT2D eigenvalue weighted by molar-refractivity contribution is 0.129. The number of hydrogen-bond acceptors (Lipinski definition) is 6. The molecule has 6 nitrogen and oxygen atoms in total. The number of nitrogens with zero attached hydrogens (tertiary/aromatic N) is 3. The molecule has 2 aromatic rings. The first-order chi connectivity index (χ1) is 10.6. The Bertz CT molecular complexity index is 728. The monoisotopic (exact) mass is 403 g/mol. The standard InChI is InChI=1S/C13H14BrN3O3S2/c14-11-1-2-13(21-11)22(18,19)17-7-3-10(4-8-17)20-12-9-15-5-6-16-12/h1-2,5-6,9-10H,3-4,7-8H2. The van der Waals surface area contributed by atoms with Crippen molar-refractivity contribution in [3.8, 4) is 5.88 Å². The van der Waals surface area contributed by atoms with Crippen molar-refractivity contribution in [1.82, 2.24) is 14.3 Å². The van der Waals surface area contributed by atoms with E-state index in [-0.39, 0.29) is 6.10 Å². The third-order valence-corrected chi connectivity index (χ3v) is 7.36. The molecule has 0 aliphatic carbocycles. The number of rotatable bonds is 4. The number of sulfonamides is 1. The lowest BCUT2D eigenvalue weighted by atomic mass is 10.1. The van der Waals surface area contributed by atoms with Crippen molar-refractivity contribution < 1.29 is 13.2 Å². The Morgan fingerprint density at radius 1 is 1.27 bits per heavy atom. The van der Waals surface area contributed by atoms with E-state index in [2.05, 4.69) is 25.9 Å². The van der Waals surface area contributed by atoms with Gasteiger partial charge in [0, 0.05) is 25.5 Å². The van der Waals surface area contributed by atoms with Crippen LogP contribution in [-0.4, -0.2) is 41.9 Å². The Morgan fingerprint density at radius 3 is 2.64 bits per heavy atom. The minimum Gasteiger partial charge on any atom is -0.473 e. The van der Waals surface area contributed by atoms with Gasteiger partial charge in [-0.05, 0) is 40.9 Å². The molecule has 3 heterocycles. The maximum absolute atomic E-state index is 12.5. The van der Waals surface area contributed by atoms with Gasteiger partial charge in [0.25, 0.3) is 10.0 Å². The molecule has 2 aromatic heterocycles. The van der Waals surface area contributed by atoms with Gasteiger partial charge in [0.2, 0.25) is 5.88 Å². The second-order valence-corrected chi connectivity index (χ2v) is 9.45. The van der Waals surface area contributed by atoms with E-state index in [9.17, 15) is 8.42 Å². The second-order valence-electron chi connectivity index (χ2n) is 4.82. The number of aromatic nitrogens is 2. The molecule has 0 N–H and O–H groups in total. The van der Waals surface area contributed by atoms with Crippen molar-refractivity contribution in [2.24, 2.45) is 0 Å². The van der Waals surface area contributed by atoms with Crippen molar-refractivity contribution in [2.75, 3.05) is 13.1 Å². The summed E-state index contributed by atoms with van der Waals surface area (Å²) in [6.07, 6.45) is 5.97. The third kappa shape index (κ3) is 3.48. The molecule has 1 aliphatic heterocycles. The SMILES string of the molecule is O=S(=O)(c1ccc(Br)s1)N1CCC(Oc2cnccn2)CC1. The largest absolute Gasteiger partial charge is 0.473 e. The van der Waals surface area contributed by atoms with Crippen LogP contribution in [0.1, 0.15) is 12.8 Å². The van der Waals surface area contributed by atoms with Gasteiger partial charge in [-0.3, -0.25) is 4.98 Å². The van der Waals surface area contributed by atoms with Gasteiger partial charge >= 0.3 is 0 Å². The van der Waals surface area contributed by atoms with Gasteiger partial charge in [0.05, 0.1) is 9.98 Å². The Hall–Kier alpha value is -1.03. The summed E-state index contributed by atoms with van der Waals surface area (Å²) in [7, 11) is -3.40. The number of ether oxygens (including phenoxy) is 1. The summed E-state index contributed by atoms with van der Waals surface area (Å²) in [6.45, 7) is 0.894. The molecule has 0 aromatic carbocycles. The molecule has 1 aliphatic rings. The Kier molecular flexibility index (Phi) is 4.76. The fourth-order valence-corrected chi connectivity index (χ4v) is 5.90. The van der Waals surface area contributed by atoms with Crippen LogP contribution in [0.25, 0.3) is 0 Å². The highest BCUT2D eigenvalue weighted by Crippen LogP contribution is 2.30. The van der Waals surface area contributed by atoms with Gasteiger partial charge in [0.1, 0.15) is 10.3 Å². The van der Waals surface area contributed by atoms with Crippen LogP contribution in [0.2, 0.25) is 0 Å². The quantitative estimate of drug-likeness (QED) is 0.783. The maximum atomic E-state index is 12.5. The molecule has 0 atom stereocenters. The van der Waals surface area contributed by atoms with E-state index >= 15 is 0 Å². The lowest BCUT2D eigenvalue weighted by Crippen LogP contribution is -2.41. The van der Waals surface area contributed by atoms with E-state index in [1.165, 1.54) is 15.6 Å². The second kappa shape index (κ2) is 6.61. The first-order valence-corrected chi connectivity index (χ1v) is 9.79. The molecule has 118 valence electrons. The van der Waals surface area contributed by atoms with E-state index in [0.717, 1.165) is 3.79 Å². The van der Waals surface area contributed by atoms with Gasteiger partial charge in [-0.15, -0.1) is 11.3 Å². The highest BCUT2D eigenvalue weighted by atomic mass is 79.9. The van der Waals surface area contributed by atoms with Gasteiger partial charge in [-0.25, -0.2) is 13.4 Å². The summed E-state index contributed by atoms with van der Waals surface area (Å²) in [5.41, 5.74) is 0. The minimum absolute atomic E-state index is 0.0294. The van der Waals surface area contributed by atoms with Crippen LogP contribution < -0.4 is 4.74 Å². The van der Waals surface area contributed by atoms with Crippen molar-refractivity contribution in [1.29, 1.82) is 0 Å². The lowest BCUT2D eigenvalue weighted by Gasteiger charge is -2.30. The fraction of sp³-hybridized carbons (Fsp3) is 0.385. The van der Waals surface area contributed by atoms with Crippen molar-refractivity contribution >= 4 is 37.3 Å². The van der Waals surface area contributed by atoms with E-state index in [1.54, 1.807) is 30.7 Å². The summed E-state index contributed by atoms with van der Waals surface area (Å²) in [5.74, 6) is 0.478. The zero-order chi connectivity index (χ0) is 15.6. The fourth-order valence-electron chi connectivity index (χ4n) is 2.27. The molecule has 0 saturated carbocycles. The normalized spacial score (nSPS) is 17.5. The van der Waals surface area contributed by atoms with Crippen molar-refractivity contribution in [3.63, 3.8) is 0 Å². The molecule has 0 bridgehead atoms. The first kappa shape index (κ1) is 15.9. The Labute approximate surface area is 141 Å². The number of thiophene rings is 1. The Morgan fingerprint density at radius 2 is 2.05 bits per heavy atom. The van der Waals surface area contributed by atoms with E-state index in [1.807, 2.05) is 0 Å². The zero-order valence-corrected chi connectivity index (χ0v) is 14.8. The molecule has 0 radical (unpaired) electrons. The molecule has 22 heavy (non-hydrogen) atoms. The van der Waals surface area contributed by atoms with Crippen LogP contribution in [0.4, 0.5) is 0 Å². The summed E-state index contributed by atoms with van der Waals surface area (Å²) >= 11 is 4.53. The predicted molar refractivity (Wildman–Crippen MR) is 86.5 cm³/mol. The van der Waals surface area contributed by atoms with Crippen LogP contribution in [0.5, 0.6) is 5.88 Å². The molecule has 0 spiro atoms. The smallest absolute Gasteiger partial charge is 0.252 e. The van der Waals surface area contributed by atoms with Crippen LogP contribution in [-0.2, 0) is 10.0 Å². The average molecular weight is 404 g/mol. The van der Waals surface area contributed by atoms with Crippen molar-refractivity contribution in [3.05, 3.63) is 34.5 Å². The third-order valence-electron chi connectivity index (χ3n) is 3.37. The molecule has 1 fully saturated rings. The average Bonchev–Trinajstić information content (AvgIpc) is 2.96. The summed E-state index contributed by atoms with van der Waals surface area (Å²) < 4.78 is 33.5. The predicted octanol–water partition coefficient (Wildman–Crippen LogP) is 2.53. The molecule has 9 heteroatoms. The zero-order valence-electron chi connectivity index (χ0n) is 11.6. The number of hydrogen-bond donors (Lipinski definition) is 0.